The third-order valence-corrected chi connectivity index (χ3v) is 3.43. The van der Waals surface area contributed by atoms with Crippen molar-refractivity contribution in [2.45, 2.75) is 54.4 Å². The maximum atomic E-state index is 10.6. The zero-order valence-corrected chi connectivity index (χ0v) is 19.1. The Labute approximate surface area is 178 Å². The topological polar surface area (TPSA) is 43.1 Å². The molecular formula is C27H39NO. The third-order valence-electron chi connectivity index (χ3n) is 3.43. The molecule has 0 aromatic heterocycles. The standard InChI is InChI=1S/C15H17NO.C8H10.2C2H6/c1-2-8-13(11-6-7-12-15(16)17)14-9-4-3-5-10-14;1-7-4-3-5-8(2)6-7;2*1-2/h2-6,8-11H,1,7,12H2,(H2,16,17);3-6H,1-2H3;2*1-2H3/b11-6-,13-8+;;;. The number of rotatable bonds is 6. The Balaban J connectivity index is 0. The van der Waals surface area contributed by atoms with Crippen molar-refractivity contribution in [3.8, 4) is 0 Å². The van der Waals surface area contributed by atoms with Crippen LogP contribution >= 0.6 is 0 Å². The molecule has 2 heteroatoms. The van der Waals surface area contributed by atoms with Crippen molar-refractivity contribution >= 4 is 11.5 Å². The van der Waals surface area contributed by atoms with E-state index in [9.17, 15) is 4.79 Å². The van der Waals surface area contributed by atoms with Gasteiger partial charge in [-0.2, -0.15) is 0 Å². The smallest absolute Gasteiger partial charge is 0.217 e. The number of nitrogens with two attached hydrogens (primary N) is 1. The van der Waals surface area contributed by atoms with Gasteiger partial charge in [-0.15, -0.1) is 0 Å². The van der Waals surface area contributed by atoms with Crippen molar-refractivity contribution in [1.82, 2.24) is 0 Å². The zero-order valence-electron chi connectivity index (χ0n) is 19.1. The number of benzene rings is 2. The number of aryl methyl sites for hydroxylation is 2. The second-order valence-corrected chi connectivity index (χ2v) is 5.79. The fourth-order valence-corrected chi connectivity index (χ4v) is 2.25. The molecular weight excluding hydrogens is 354 g/mol. The maximum Gasteiger partial charge on any atom is 0.217 e. The molecule has 0 saturated heterocycles. The van der Waals surface area contributed by atoms with Gasteiger partial charge in [0, 0.05) is 6.42 Å². The molecule has 0 heterocycles. The summed E-state index contributed by atoms with van der Waals surface area (Å²) in [6.45, 7) is 15.9. The molecule has 2 rings (SSSR count). The van der Waals surface area contributed by atoms with Crippen LogP contribution in [0.5, 0.6) is 0 Å². The first-order valence-corrected chi connectivity index (χ1v) is 10.4. The Morgan fingerprint density at radius 2 is 1.48 bits per heavy atom. The van der Waals surface area contributed by atoms with E-state index < -0.39 is 0 Å². The number of hydrogen-bond donors (Lipinski definition) is 1. The minimum atomic E-state index is -0.274. The van der Waals surface area contributed by atoms with Crippen LogP contribution in [-0.4, -0.2) is 5.91 Å². The minimum absolute atomic E-state index is 0.274. The van der Waals surface area contributed by atoms with E-state index in [0.717, 1.165) is 11.1 Å². The summed E-state index contributed by atoms with van der Waals surface area (Å²) in [5, 5.41) is 0. The molecule has 0 saturated carbocycles. The molecule has 0 fully saturated rings. The molecule has 2 aromatic rings. The summed E-state index contributed by atoms with van der Waals surface area (Å²) in [6, 6.07) is 18.5. The lowest BCUT2D eigenvalue weighted by Crippen LogP contribution is -2.08. The Morgan fingerprint density at radius 3 is 1.90 bits per heavy atom. The van der Waals surface area contributed by atoms with Crippen LogP contribution in [-0.2, 0) is 4.79 Å². The van der Waals surface area contributed by atoms with E-state index in [1.165, 1.54) is 11.1 Å². The highest BCUT2D eigenvalue weighted by Crippen LogP contribution is 2.16. The van der Waals surface area contributed by atoms with Gasteiger partial charge in [-0.05, 0) is 31.4 Å². The molecule has 1 amide bonds. The molecule has 2 aromatic carbocycles. The largest absolute Gasteiger partial charge is 0.370 e. The van der Waals surface area contributed by atoms with Gasteiger partial charge >= 0.3 is 0 Å². The summed E-state index contributed by atoms with van der Waals surface area (Å²) in [6.07, 6.45) is 8.67. The summed E-state index contributed by atoms with van der Waals surface area (Å²) in [4.78, 5) is 10.6. The molecule has 0 spiro atoms. The van der Waals surface area contributed by atoms with Gasteiger partial charge in [-0.1, -0.05) is 124 Å². The first-order valence-electron chi connectivity index (χ1n) is 10.4. The number of amides is 1. The Kier molecular flexibility index (Phi) is 19.4. The quantitative estimate of drug-likeness (QED) is 0.509. The first kappa shape index (κ1) is 28.3. The van der Waals surface area contributed by atoms with Crippen molar-refractivity contribution in [3.63, 3.8) is 0 Å². The second-order valence-electron chi connectivity index (χ2n) is 5.79. The number of primary amides is 1. The van der Waals surface area contributed by atoms with Crippen LogP contribution in [0.1, 0.15) is 57.2 Å². The lowest BCUT2D eigenvalue weighted by molar-refractivity contribution is -0.117. The number of hydrogen-bond acceptors (Lipinski definition) is 1. The Bertz CT molecular complexity index is 710. The normalized spacial score (nSPS) is 9.79. The van der Waals surface area contributed by atoms with E-state index in [-0.39, 0.29) is 5.91 Å². The number of carbonyl (C=O) groups excluding carboxylic acids is 1. The monoisotopic (exact) mass is 393 g/mol. The van der Waals surface area contributed by atoms with Crippen LogP contribution < -0.4 is 5.73 Å². The fourth-order valence-electron chi connectivity index (χ4n) is 2.25. The van der Waals surface area contributed by atoms with Gasteiger partial charge in [0.05, 0.1) is 0 Å². The average Bonchev–Trinajstić information content (AvgIpc) is 2.74. The SMILES string of the molecule is C=C/C=C(\C=C/CCC(N)=O)c1ccccc1.CC.CC.Cc1cccc(C)c1. The van der Waals surface area contributed by atoms with E-state index in [4.69, 9.17) is 5.73 Å². The van der Waals surface area contributed by atoms with Crippen molar-refractivity contribution in [3.05, 3.63) is 102 Å². The molecule has 0 atom stereocenters. The van der Waals surface area contributed by atoms with Gasteiger partial charge < -0.3 is 5.73 Å². The summed E-state index contributed by atoms with van der Waals surface area (Å²) in [5.74, 6) is -0.274. The van der Waals surface area contributed by atoms with Crippen molar-refractivity contribution < 1.29 is 4.79 Å². The number of carbonyl (C=O) groups is 1. The van der Waals surface area contributed by atoms with Crippen LogP contribution in [0, 0.1) is 13.8 Å². The van der Waals surface area contributed by atoms with E-state index in [1.807, 2.05) is 76.3 Å². The first-order chi connectivity index (χ1) is 14.0. The molecule has 0 bridgehead atoms. The van der Waals surface area contributed by atoms with Gasteiger partial charge in [0.25, 0.3) is 0 Å². The van der Waals surface area contributed by atoms with Gasteiger partial charge in [-0.3, -0.25) is 4.79 Å². The molecule has 2 N–H and O–H groups in total. The van der Waals surface area contributed by atoms with Gasteiger partial charge in [0.15, 0.2) is 0 Å². The zero-order chi connectivity index (χ0) is 22.5. The lowest BCUT2D eigenvalue weighted by atomic mass is 10.0. The molecule has 158 valence electrons. The molecule has 0 radical (unpaired) electrons. The van der Waals surface area contributed by atoms with Gasteiger partial charge in [-0.25, -0.2) is 0 Å². The highest BCUT2D eigenvalue weighted by atomic mass is 16.1. The lowest BCUT2D eigenvalue weighted by Gasteiger charge is -2.01. The summed E-state index contributed by atoms with van der Waals surface area (Å²) in [5.41, 5.74) is 9.95. The minimum Gasteiger partial charge on any atom is -0.370 e. The van der Waals surface area contributed by atoms with E-state index >= 15 is 0 Å². The van der Waals surface area contributed by atoms with Crippen molar-refractivity contribution in [2.75, 3.05) is 0 Å². The second kappa shape index (κ2) is 19.9. The van der Waals surface area contributed by atoms with Crippen LogP contribution in [0.15, 0.2) is 85.5 Å². The van der Waals surface area contributed by atoms with E-state index in [2.05, 4.69) is 44.7 Å². The summed E-state index contributed by atoms with van der Waals surface area (Å²) in [7, 11) is 0. The Hall–Kier alpha value is -2.87. The van der Waals surface area contributed by atoms with Gasteiger partial charge in [0.1, 0.15) is 0 Å². The molecule has 0 aliphatic carbocycles. The van der Waals surface area contributed by atoms with Crippen LogP contribution in [0.25, 0.3) is 5.57 Å². The van der Waals surface area contributed by atoms with E-state index in [0.29, 0.717) is 12.8 Å². The van der Waals surface area contributed by atoms with Crippen molar-refractivity contribution in [2.24, 2.45) is 5.73 Å². The summed E-state index contributed by atoms with van der Waals surface area (Å²) < 4.78 is 0. The van der Waals surface area contributed by atoms with E-state index in [1.54, 1.807) is 6.08 Å². The molecule has 0 aliphatic heterocycles. The van der Waals surface area contributed by atoms with Gasteiger partial charge in [0.2, 0.25) is 5.91 Å². The highest BCUT2D eigenvalue weighted by molar-refractivity contribution is 5.76. The molecule has 2 nitrogen and oxygen atoms in total. The predicted molar refractivity (Wildman–Crippen MR) is 131 cm³/mol. The fraction of sp³-hybridized carbons (Fsp3) is 0.296. The Morgan fingerprint density at radius 1 is 0.931 bits per heavy atom. The molecule has 0 unspecified atom stereocenters. The highest BCUT2D eigenvalue weighted by Gasteiger charge is 1.95. The summed E-state index contributed by atoms with van der Waals surface area (Å²) >= 11 is 0. The molecule has 29 heavy (non-hydrogen) atoms. The van der Waals surface area contributed by atoms with Crippen LogP contribution in [0.3, 0.4) is 0 Å². The number of allylic oxidation sites excluding steroid dienone is 5. The predicted octanol–water partition coefficient (Wildman–Crippen LogP) is 7.43. The third kappa shape index (κ3) is 15.8. The molecule has 0 aliphatic rings. The van der Waals surface area contributed by atoms with Crippen LogP contribution in [0.4, 0.5) is 0 Å². The van der Waals surface area contributed by atoms with Crippen LogP contribution in [0.2, 0.25) is 0 Å². The van der Waals surface area contributed by atoms with Crippen molar-refractivity contribution in [1.29, 1.82) is 0 Å². The maximum absolute atomic E-state index is 10.6. The average molecular weight is 394 g/mol.